The second-order valence-corrected chi connectivity index (χ2v) is 6.83. The van der Waals surface area contributed by atoms with Gasteiger partial charge in [0.25, 0.3) is 0 Å². The molecule has 1 heterocycles. The smallest absolute Gasteiger partial charge is 0.221 e. The molecule has 0 bridgehead atoms. The van der Waals surface area contributed by atoms with E-state index < -0.39 is 0 Å². The molecule has 0 aliphatic heterocycles. The van der Waals surface area contributed by atoms with E-state index in [1.807, 2.05) is 24.3 Å². The minimum absolute atomic E-state index is 0. The Labute approximate surface area is 176 Å². The molecule has 26 heavy (non-hydrogen) atoms. The maximum atomic E-state index is 11.2. The van der Waals surface area contributed by atoms with Crippen molar-refractivity contribution in [2.24, 2.45) is 4.99 Å². The molecule has 2 N–H and O–H groups in total. The number of aliphatic imine (C=N–C) groups is 1. The lowest BCUT2D eigenvalue weighted by molar-refractivity contribution is -0.114. The molecule has 1 aromatic carbocycles. The van der Waals surface area contributed by atoms with Gasteiger partial charge in [0, 0.05) is 37.6 Å². The van der Waals surface area contributed by atoms with Crippen molar-refractivity contribution in [2.45, 2.75) is 26.8 Å². The van der Waals surface area contributed by atoms with Gasteiger partial charge in [0.05, 0.1) is 6.54 Å². The molecule has 0 spiro atoms. The summed E-state index contributed by atoms with van der Waals surface area (Å²) in [7, 11) is 2.06. The van der Waals surface area contributed by atoms with Gasteiger partial charge in [-0.15, -0.1) is 35.3 Å². The van der Waals surface area contributed by atoms with E-state index in [1.54, 1.807) is 11.3 Å². The van der Waals surface area contributed by atoms with E-state index in [9.17, 15) is 4.79 Å². The molecule has 1 amide bonds. The molecule has 0 saturated heterocycles. The fourth-order valence-corrected chi connectivity index (χ4v) is 3.12. The molecule has 0 fully saturated rings. The minimum Gasteiger partial charge on any atom is -0.357 e. The van der Waals surface area contributed by atoms with Crippen molar-refractivity contribution in [3.05, 3.63) is 52.2 Å². The minimum atomic E-state index is -0.0673. The highest BCUT2D eigenvalue weighted by atomic mass is 127. The van der Waals surface area contributed by atoms with Crippen molar-refractivity contribution in [1.82, 2.24) is 10.2 Å². The number of nitrogens with zero attached hydrogens (tertiary/aromatic N) is 2. The molecule has 0 aliphatic rings. The Morgan fingerprint density at radius 1 is 1.27 bits per heavy atom. The van der Waals surface area contributed by atoms with Gasteiger partial charge in [-0.25, -0.2) is 4.99 Å². The third kappa shape index (κ3) is 7.74. The van der Waals surface area contributed by atoms with Gasteiger partial charge in [0.1, 0.15) is 0 Å². The highest BCUT2D eigenvalue weighted by Gasteiger charge is 2.06. The Morgan fingerprint density at radius 3 is 2.73 bits per heavy atom. The number of guanidine groups is 1. The highest BCUT2D eigenvalue weighted by Crippen LogP contribution is 2.12. The number of anilines is 1. The molecule has 0 aliphatic carbocycles. The number of likely N-dealkylation sites (N-methyl/N-ethyl adjacent to an activating group) is 1. The lowest BCUT2D eigenvalue weighted by Crippen LogP contribution is -2.39. The van der Waals surface area contributed by atoms with Crippen molar-refractivity contribution >= 4 is 52.9 Å². The molecule has 7 heteroatoms. The SMILES string of the molecule is CCNC(=NCc1cccc(NC(C)=O)c1)N(C)CCc1cccs1.I. The van der Waals surface area contributed by atoms with E-state index >= 15 is 0 Å². The Hall–Kier alpha value is -1.61. The van der Waals surface area contributed by atoms with E-state index in [4.69, 9.17) is 4.99 Å². The van der Waals surface area contributed by atoms with Crippen LogP contribution in [0.2, 0.25) is 0 Å². The average Bonchev–Trinajstić information content (AvgIpc) is 3.09. The molecule has 0 unspecified atom stereocenters. The van der Waals surface area contributed by atoms with Crippen molar-refractivity contribution < 1.29 is 4.79 Å². The zero-order valence-electron chi connectivity index (χ0n) is 15.5. The lowest BCUT2D eigenvalue weighted by atomic mass is 10.2. The Bertz CT molecular complexity index is 703. The number of amides is 1. The second-order valence-electron chi connectivity index (χ2n) is 5.80. The number of halogens is 1. The first-order chi connectivity index (χ1) is 12.1. The van der Waals surface area contributed by atoms with Crippen LogP contribution < -0.4 is 10.6 Å². The van der Waals surface area contributed by atoms with Gasteiger partial charge < -0.3 is 15.5 Å². The fraction of sp³-hybridized carbons (Fsp3) is 0.368. The molecule has 0 radical (unpaired) electrons. The first kappa shape index (κ1) is 22.4. The van der Waals surface area contributed by atoms with Crippen molar-refractivity contribution in [2.75, 3.05) is 25.5 Å². The van der Waals surface area contributed by atoms with Crippen LogP contribution in [0.3, 0.4) is 0 Å². The maximum Gasteiger partial charge on any atom is 0.221 e. The van der Waals surface area contributed by atoms with E-state index in [0.717, 1.165) is 36.7 Å². The first-order valence-electron chi connectivity index (χ1n) is 8.47. The third-order valence-corrected chi connectivity index (χ3v) is 4.57. The summed E-state index contributed by atoms with van der Waals surface area (Å²) < 4.78 is 0. The lowest BCUT2D eigenvalue weighted by Gasteiger charge is -2.21. The second kappa shape index (κ2) is 11.9. The van der Waals surface area contributed by atoms with Crippen LogP contribution in [0.25, 0.3) is 0 Å². The number of nitrogens with one attached hydrogen (secondary N) is 2. The molecule has 1 aromatic heterocycles. The predicted octanol–water partition coefficient (Wildman–Crippen LogP) is 3.96. The summed E-state index contributed by atoms with van der Waals surface area (Å²) in [6.07, 6.45) is 1.01. The van der Waals surface area contributed by atoms with Gasteiger partial charge in [-0.1, -0.05) is 18.2 Å². The van der Waals surface area contributed by atoms with Crippen LogP contribution in [0.1, 0.15) is 24.3 Å². The quantitative estimate of drug-likeness (QED) is 0.354. The Kier molecular flexibility index (Phi) is 10.3. The molecule has 2 rings (SSSR count). The number of hydrogen-bond donors (Lipinski definition) is 2. The summed E-state index contributed by atoms with van der Waals surface area (Å²) in [5, 5.41) is 8.25. The number of rotatable bonds is 7. The molecule has 0 saturated carbocycles. The number of thiophene rings is 1. The third-order valence-electron chi connectivity index (χ3n) is 3.63. The standard InChI is InChI=1S/C19H26N4OS.HI/c1-4-20-19(23(3)11-10-18-9-6-12-25-18)21-14-16-7-5-8-17(13-16)22-15(2)24;/h5-9,12-13H,4,10-11,14H2,1-3H3,(H,20,21)(H,22,24);1H. The number of benzene rings is 1. The Morgan fingerprint density at radius 2 is 2.08 bits per heavy atom. The summed E-state index contributed by atoms with van der Waals surface area (Å²) in [6.45, 7) is 5.89. The average molecular weight is 486 g/mol. The van der Waals surface area contributed by atoms with Crippen LogP contribution in [-0.4, -0.2) is 36.9 Å². The summed E-state index contributed by atoms with van der Waals surface area (Å²) in [5.41, 5.74) is 1.87. The van der Waals surface area contributed by atoms with Crippen molar-refractivity contribution in [3.8, 4) is 0 Å². The summed E-state index contributed by atoms with van der Waals surface area (Å²) in [5.74, 6) is 0.825. The molecule has 5 nitrogen and oxygen atoms in total. The largest absolute Gasteiger partial charge is 0.357 e. The fourth-order valence-electron chi connectivity index (χ4n) is 2.43. The monoisotopic (exact) mass is 486 g/mol. The van der Waals surface area contributed by atoms with Gasteiger partial charge in [-0.2, -0.15) is 0 Å². The predicted molar refractivity (Wildman–Crippen MR) is 122 cm³/mol. The normalized spacial score (nSPS) is 10.8. The van der Waals surface area contributed by atoms with Crippen molar-refractivity contribution in [1.29, 1.82) is 0 Å². The summed E-state index contributed by atoms with van der Waals surface area (Å²) in [6, 6.07) is 12.0. The van der Waals surface area contributed by atoms with Gasteiger partial charge in [-0.3, -0.25) is 4.79 Å². The topological polar surface area (TPSA) is 56.7 Å². The molecule has 0 atom stereocenters. The molecule has 2 aromatic rings. The van der Waals surface area contributed by atoms with Gasteiger partial charge in [0.15, 0.2) is 5.96 Å². The first-order valence-corrected chi connectivity index (χ1v) is 9.34. The number of hydrogen-bond acceptors (Lipinski definition) is 3. The molecular formula is C19H27IN4OS. The Balaban J connectivity index is 0.00000338. The van der Waals surface area contributed by atoms with Gasteiger partial charge in [0.2, 0.25) is 5.91 Å². The zero-order valence-corrected chi connectivity index (χ0v) is 18.6. The summed E-state index contributed by atoms with van der Waals surface area (Å²) >= 11 is 1.79. The van der Waals surface area contributed by atoms with E-state index in [1.165, 1.54) is 11.8 Å². The molecule has 142 valence electrons. The number of carbonyl (C=O) groups is 1. The molecular weight excluding hydrogens is 459 g/mol. The van der Waals surface area contributed by atoms with Crippen molar-refractivity contribution in [3.63, 3.8) is 0 Å². The zero-order chi connectivity index (χ0) is 18.1. The van der Waals surface area contributed by atoms with E-state index in [0.29, 0.717) is 6.54 Å². The van der Waals surface area contributed by atoms with Crippen LogP contribution in [-0.2, 0) is 17.8 Å². The number of carbonyl (C=O) groups excluding carboxylic acids is 1. The highest BCUT2D eigenvalue weighted by molar-refractivity contribution is 14.0. The van der Waals surface area contributed by atoms with Crippen LogP contribution >= 0.6 is 35.3 Å². The van der Waals surface area contributed by atoms with Crippen LogP contribution in [0, 0.1) is 0 Å². The van der Waals surface area contributed by atoms with Crippen LogP contribution in [0.5, 0.6) is 0 Å². The van der Waals surface area contributed by atoms with Gasteiger partial charge in [-0.05, 0) is 42.5 Å². The van der Waals surface area contributed by atoms with Crippen LogP contribution in [0.15, 0.2) is 46.8 Å². The summed E-state index contributed by atoms with van der Waals surface area (Å²) in [4.78, 5) is 19.4. The van der Waals surface area contributed by atoms with Crippen LogP contribution in [0.4, 0.5) is 5.69 Å². The van der Waals surface area contributed by atoms with Gasteiger partial charge >= 0.3 is 0 Å². The van der Waals surface area contributed by atoms with E-state index in [-0.39, 0.29) is 29.9 Å². The van der Waals surface area contributed by atoms with E-state index in [2.05, 4.69) is 47.0 Å². The maximum absolute atomic E-state index is 11.2.